The number of nitrogens with zero attached hydrogens (tertiary/aromatic N) is 1. The quantitative estimate of drug-likeness (QED) is 0.869. The third kappa shape index (κ3) is 4.56. The van der Waals surface area contributed by atoms with Crippen LogP contribution >= 0.6 is 15.9 Å². The van der Waals surface area contributed by atoms with Gasteiger partial charge in [0.15, 0.2) is 0 Å². The highest BCUT2D eigenvalue weighted by atomic mass is 79.9. The maximum Gasteiger partial charge on any atom is 0.257 e. The van der Waals surface area contributed by atoms with Gasteiger partial charge in [-0.15, -0.1) is 0 Å². The number of para-hydroxylation sites is 1. The molecule has 0 radical (unpaired) electrons. The van der Waals surface area contributed by atoms with Gasteiger partial charge in [0.2, 0.25) is 0 Å². The van der Waals surface area contributed by atoms with Gasteiger partial charge in [-0.05, 0) is 54.9 Å². The third-order valence-electron chi connectivity index (χ3n) is 2.64. The smallest absolute Gasteiger partial charge is 0.257 e. The molecule has 110 valence electrons. The fourth-order valence-corrected chi connectivity index (χ4v) is 2.21. The Morgan fingerprint density at radius 2 is 1.90 bits per heavy atom. The molecular weight excluding hydrogens is 330 g/mol. The van der Waals surface area contributed by atoms with Crippen LogP contribution in [0, 0.1) is 0 Å². The lowest BCUT2D eigenvalue weighted by Crippen LogP contribution is -2.26. The first-order valence-electron chi connectivity index (χ1n) is 6.64. The summed E-state index contributed by atoms with van der Waals surface area (Å²) in [5, 5.41) is 6.16. The molecule has 0 bridgehead atoms. The number of hydrogen-bond donors (Lipinski definition) is 2. The number of aromatic nitrogens is 1. The summed E-state index contributed by atoms with van der Waals surface area (Å²) in [6.07, 6.45) is 3.26. The van der Waals surface area contributed by atoms with Crippen LogP contribution in [0.4, 0.5) is 11.4 Å². The van der Waals surface area contributed by atoms with E-state index in [2.05, 4.69) is 52.3 Å². The molecule has 2 N–H and O–H groups in total. The SMILES string of the molecule is CC(C)(C)Nc1cncc(C(=O)Nc2ccccc2Br)c1. The average Bonchev–Trinajstić information content (AvgIpc) is 2.39. The van der Waals surface area contributed by atoms with Crippen molar-refractivity contribution in [1.82, 2.24) is 4.98 Å². The molecule has 2 rings (SSSR count). The summed E-state index contributed by atoms with van der Waals surface area (Å²) >= 11 is 3.41. The standard InChI is InChI=1S/C16H18BrN3O/c1-16(2,3)20-12-8-11(9-18-10-12)15(21)19-14-7-5-4-6-13(14)17/h4-10,20H,1-3H3,(H,19,21). The lowest BCUT2D eigenvalue weighted by molar-refractivity contribution is 0.102. The second-order valence-corrected chi connectivity index (χ2v) is 6.63. The lowest BCUT2D eigenvalue weighted by atomic mass is 10.1. The van der Waals surface area contributed by atoms with Crippen LogP contribution < -0.4 is 10.6 Å². The molecule has 2 aromatic rings. The van der Waals surface area contributed by atoms with Gasteiger partial charge in [-0.2, -0.15) is 0 Å². The summed E-state index contributed by atoms with van der Waals surface area (Å²) in [6.45, 7) is 6.17. The molecule has 0 aliphatic rings. The maximum absolute atomic E-state index is 12.3. The molecule has 0 spiro atoms. The van der Waals surface area contributed by atoms with E-state index in [9.17, 15) is 4.79 Å². The van der Waals surface area contributed by atoms with E-state index < -0.39 is 0 Å². The molecule has 5 heteroatoms. The summed E-state index contributed by atoms with van der Waals surface area (Å²) in [5.41, 5.74) is 1.98. The van der Waals surface area contributed by atoms with Crippen molar-refractivity contribution in [3.63, 3.8) is 0 Å². The van der Waals surface area contributed by atoms with Gasteiger partial charge < -0.3 is 10.6 Å². The van der Waals surface area contributed by atoms with Crippen LogP contribution in [0.3, 0.4) is 0 Å². The molecule has 0 aliphatic carbocycles. The Hall–Kier alpha value is -1.88. The van der Waals surface area contributed by atoms with Gasteiger partial charge >= 0.3 is 0 Å². The highest BCUT2D eigenvalue weighted by Gasteiger charge is 2.12. The van der Waals surface area contributed by atoms with Crippen molar-refractivity contribution in [3.05, 3.63) is 52.8 Å². The summed E-state index contributed by atoms with van der Waals surface area (Å²) in [4.78, 5) is 16.4. The zero-order valence-corrected chi connectivity index (χ0v) is 13.9. The van der Waals surface area contributed by atoms with E-state index in [4.69, 9.17) is 0 Å². The van der Waals surface area contributed by atoms with Crippen molar-refractivity contribution >= 4 is 33.2 Å². The first-order valence-corrected chi connectivity index (χ1v) is 7.43. The van der Waals surface area contributed by atoms with Crippen LogP contribution in [-0.4, -0.2) is 16.4 Å². The van der Waals surface area contributed by atoms with Gasteiger partial charge in [-0.25, -0.2) is 0 Å². The monoisotopic (exact) mass is 347 g/mol. The van der Waals surface area contributed by atoms with Gasteiger partial charge in [0.25, 0.3) is 5.91 Å². The molecule has 0 saturated heterocycles. The Bertz CT molecular complexity index is 650. The van der Waals surface area contributed by atoms with E-state index in [1.165, 1.54) is 0 Å². The number of halogens is 1. The molecule has 1 aromatic carbocycles. The Morgan fingerprint density at radius 3 is 2.57 bits per heavy atom. The van der Waals surface area contributed by atoms with Crippen LogP contribution in [-0.2, 0) is 0 Å². The number of anilines is 2. The second-order valence-electron chi connectivity index (χ2n) is 5.77. The molecule has 1 amide bonds. The first kappa shape index (κ1) is 15.5. The van der Waals surface area contributed by atoms with Crippen LogP contribution in [0.5, 0.6) is 0 Å². The normalized spacial score (nSPS) is 11.0. The van der Waals surface area contributed by atoms with E-state index in [1.807, 2.05) is 24.3 Å². The topological polar surface area (TPSA) is 54.0 Å². The fourth-order valence-electron chi connectivity index (χ4n) is 1.82. The number of nitrogens with one attached hydrogen (secondary N) is 2. The molecule has 1 aromatic heterocycles. The number of amides is 1. The number of hydrogen-bond acceptors (Lipinski definition) is 3. The molecule has 21 heavy (non-hydrogen) atoms. The molecule has 0 unspecified atom stereocenters. The van der Waals surface area contributed by atoms with E-state index in [0.29, 0.717) is 5.56 Å². The van der Waals surface area contributed by atoms with Crippen molar-refractivity contribution in [2.45, 2.75) is 26.3 Å². The summed E-state index contributed by atoms with van der Waals surface area (Å²) in [7, 11) is 0. The minimum absolute atomic E-state index is 0.0841. The second kappa shape index (κ2) is 6.26. The molecule has 0 aliphatic heterocycles. The average molecular weight is 348 g/mol. The Labute approximate surface area is 133 Å². The third-order valence-corrected chi connectivity index (χ3v) is 3.33. The summed E-state index contributed by atoms with van der Waals surface area (Å²) in [5.74, 6) is -0.188. The first-order chi connectivity index (χ1) is 9.85. The van der Waals surface area contributed by atoms with Crippen LogP contribution in [0.15, 0.2) is 47.2 Å². The minimum atomic E-state index is -0.188. The number of rotatable bonds is 3. The molecule has 1 heterocycles. The zero-order valence-electron chi connectivity index (χ0n) is 12.3. The molecule has 0 fully saturated rings. The Balaban J connectivity index is 2.16. The zero-order chi connectivity index (χ0) is 15.5. The molecule has 0 saturated carbocycles. The number of benzene rings is 1. The summed E-state index contributed by atoms with van der Waals surface area (Å²) < 4.78 is 0.843. The van der Waals surface area contributed by atoms with Crippen molar-refractivity contribution in [1.29, 1.82) is 0 Å². The number of pyridine rings is 1. The molecular formula is C16H18BrN3O. The van der Waals surface area contributed by atoms with Crippen LogP contribution in [0.25, 0.3) is 0 Å². The predicted octanol–water partition coefficient (Wildman–Crippen LogP) is 4.31. The van der Waals surface area contributed by atoms with E-state index >= 15 is 0 Å². The fraction of sp³-hybridized carbons (Fsp3) is 0.250. The molecule has 0 atom stereocenters. The highest BCUT2D eigenvalue weighted by Crippen LogP contribution is 2.22. The number of carbonyl (C=O) groups is 1. The molecule has 4 nitrogen and oxygen atoms in total. The highest BCUT2D eigenvalue weighted by molar-refractivity contribution is 9.10. The minimum Gasteiger partial charge on any atom is -0.379 e. The van der Waals surface area contributed by atoms with Crippen LogP contribution in [0.1, 0.15) is 31.1 Å². The lowest BCUT2D eigenvalue weighted by Gasteiger charge is -2.22. The Kier molecular flexibility index (Phi) is 4.63. The van der Waals surface area contributed by atoms with Crippen molar-refractivity contribution < 1.29 is 4.79 Å². The van der Waals surface area contributed by atoms with Crippen LogP contribution in [0.2, 0.25) is 0 Å². The Morgan fingerprint density at radius 1 is 1.19 bits per heavy atom. The largest absolute Gasteiger partial charge is 0.379 e. The van der Waals surface area contributed by atoms with Gasteiger partial charge in [0.1, 0.15) is 0 Å². The van der Waals surface area contributed by atoms with E-state index in [0.717, 1.165) is 15.8 Å². The maximum atomic E-state index is 12.3. The van der Waals surface area contributed by atoms with Gasteiger partial charge in [-0.1, -0.05) is 12.1 Å². The predicted molar refractivity (Wildman–Crippen MR) is 89.7 cm³/mol. The van der Waals surface area contributed by atoms with Crippen molar-refractivity contribution in [2.75, 3.05) is 10.6 Å². The van der Waals surface area contributed by atoms with E-state index in [1.54, 1.807) is 18.5 Å². The summed E-state index contributed by atoms with van der Waals surface area (Å²) in [6, 6.07) is 9.29. The van der Waals surface area contributed by atoms with Gasteiger partial charge in [-0.3, -0.25) is 9.78 Å². The van der Waals surface area contributed by atoms with Gasteiger partial charge in [0.05, 0.1) is 16.9 Å². The van der Waals surface area contributed by atoms with Crippen molar-refractivity contribution in [3.8, 4) is 0 Å². The van der Waals surface area contributed by atoms with E-state index in [-0.39, 0.29) is 11.4 Å². The van der Waals surface area contributed by atoms with Crippen molar-refractivity contribution in [2.24, 2.45) is 0 Å². The number of carbonyl (C=O) groups excluding carboxylic acids is 1. The van der Waals surface area contributed by atoms with Gasteiger partial charge in [0, 0.05) is 22.4 Å².